The van der Waals surface area contributed by atoms with Crippen LogP contribution in [0.25, 0.3) is 11.2 Å². The molecule has 10 nitrogen and oxygen atoms in total. The maximum atomic E-state index is 12.9. The van der Waals surface area contributed by atoms with Crippen LogP contribution >= 0.6 is 11.6 Å². The average molecular weight is 509 g/mol. The van der Waals surface area contributed by atoms with E-state index in [0.717, 1.165) is 0 Å². The van der Waals surface area contributed by atoms with Crippen LogP contribution in [0.3, 0.4) is 0 Å². The number of carbonyl (C=O) groups excluding carboxylic acids is 1. The molecule has 4 atom stereocenters. The van der Waals surface area contributed by atoms with Gasteiger partial charge in [0.2, 0.25) is 5.88 Å². The molecule has 0 saturated carbocycles. The van der Waals surface area contributed by atoms with Gasteiger partial charge in [0, 0.05) is 17.8 Å². The Labute approximate surface area is 210 Å². The van der Waals surface area contributed by atoms with Crippen molar-refractivity contribution in [2.45, 2.75) is 30.8 Å². The molecule has 6 rings (SSSR count). The number of pyridine rings is 2. The van der Waals surface area contributed by atoms with E-state index in [1.807, 2.05) is 30.3 Å². The minimum atomic E-state index is -0.664. The second-order valence-electron chi connectivity index (χ2n) is 8.55. The third-order valence-electron chi connectivity index (χ3n) is 6.07. The topological polar surface area (TPSA) is 129 Å². The molecule has 2 aliphatic heterocycles. The number of aromatic nitrogens is 4. The molecule has 0 radical (unpaired) electrons. The lowest BCUT2D eigenvalue weighted by Gasteiger charge is -2.15. The van der Waals surface area contributed by atoms with E-state index < -0.39 is 18.3 Å². The summed E-state index contributed by atoms with van der Waals surface area (Å²) < 4.78 is 22.7. The molecule has 0 amide bonds. The van der Waals surface area contributed by atoms with E-state index in [0.29, 0.717) is 39.1 Å². The third-order valence-corrected chi connectivity index (χ3v) is 6.40. The van der Waals surface area contributed by atoms with Gasteiger partial charge in [-0.15, -0.1) is 0 Å². The van der Waals surface area contributed by atoms with Crippen molar-refractivity contribution in [3.05, 3.63) is 71.0 Å². The zero-order chi connectivity index (χ0) is 24.6. The van der Waals surface area contributed by atoms with Crippen molar-refractivity contribution >= 4 is 28.5 Å². The largest absolute Gasteiger partial charge is 0.456 e. The minimum Gasteiger partial charge on any atom is -0.456 e. The van der Waals surface area contributed by atoms with Gasteiger partial charge in [-0.05, 0) is 24.3 Å². The van der Waals surface area contributed by atoms with E-state index in [9.17, 15) is 9.90 Å². The van der Waals surface area contributed by atoms with E-state index in [1.54, 1.807) is 18.2 Å². The Kier molecular flexibility index (Phi) is 6.02. The van der Waals surface area contributed by atoms with Crippen LogP contribution < -0.4 is 9.47 Å². The molecule has 2 N–H and O–H groups in total. The van der Waals surface area contributed by atoms with Gasteiger partial charge in [0.25, 0.3) is 6.01 Å². The number of ether oxygens (including phenoxy) is 4. The van der Waals surface area contributed by atoms with Crippen LogP contribution in [0.5, 0.6) is 17.6 Å². The number of hydrogen-bond donors (Lipinski definition) is 2. The zero-order valence-electron chi connectivity index (χ0n) is 18.8. The molecule has 0 spiro atoms. The standard InChI is InChI=1S/C25H21ClN4O6/c26-15-8-17-24(30-25(29-17)36-20-12-34-22-19(32)11-33-23(20)22)28-16(15)9-18(31)13-6-7-21(27-10-13)35-14-4-2-1-3-5-14/h1-8,10,19-20,22-23,32H,9,11-12H2,(H,28,29,30)/t19-,20-,22-,23-/m1/s1. The summed E-state index contributed by atoms with van der Waals surface area (Å²) in [5.41, 5.74) is 1.74. The fourth-order valence-electron chi connectivity index (χ4n) is 4.27. The van der Waals surface area contributed by atoms with Crippen molar-refractivity contribution in [2.75, 3.05) is 13.2 Å². The van der Waals surface area contributed by atoms with Crippen LogP contribution in [0, 0.1) is 0 Å². The van der Waals surface area contributed by atoms with Crippen LogP contribution in [0.1, 0.15) is 16.1 Å². The predicted molar refractivity (Wildman–Crippen MR) is 128 cm³/mol. The number of aromatic amines is 1. The monoisotopic (exact) mass is 508 g/mol. The normalized spacial score (nSPS) is 23.1. The fraction of sp³-hybridized carbons (Fsp3) is 0.280. The minimum absolute atomic E-state index is 0.0235. The lowest BCUT2D eigenvalue weighted by Crippen LogP contribution is -2.34. The molecular formula is C25H21ClN4O6. The smallest absolute Gasteiger partial charge is 0.296 e. The van der Waals surface area contributed by atoms with Crippen molar-refractivity contribution in [1.29, 1.82) is 0 Å². The maximum Gasteiger partial charge on any atom is 0.296 e. The second-order valence-corrected chi connectivity index (χ2v) is 8.96. The number of halogens is 1. The van der Waals surface area contributed by atoms with Gasteiger partial charge in [0.15, 0.2) is 17.5 Å². The highest BCUT2D eigenvalue weighted by atomic mass is 35.5. The van der Waals surface area contributed by atoms with Gasteiger partial charge in [-0.2, -0.15) is 4.98 Å². The zero-order valence-corrected chi connectivity index (χ0v) is 19.6. The van der Waals surface area contributed by atoms with Crippen molar-refractivity contribution < 1.29 is 28.8 Å². The number of para-hydroxylation sites is 1. The summed E-state index contributed by atoms with van der Waals surface area (Å²) in [5.74, 6) is 0.848. The van der Waals surface area contributed by atoms with Crippen LogP contribution in [-0.4, -0.2) is 68.5 Å². The first-order chi connectivity index (χ1) is 17.5. The first-order valence-corrected chi connectivity index (χ1v) is 11.8. The molecule has 0 unspecified atom stereocenters. The number of hydrogen-bond acceptors (Lipinski definition) is 9. The Morgan fingerprint density at radius 1 is 1.11 bits per heavy atom. The number of carbonyl (C=O) groups is 1. The van der Waals surface area contributed by atoms with Gasteiger partial charge in [-0.1, -0.05) is 29.8 Å². The van der Waals surface area contributed by atoms with Crippen LogP contribution in [-0.2, 0) is 15.9 Å². The number of imidazole rings is 1. The first-order valence-electron chi connectivity index (χ1n) is 11.4. The highest BCUT2D eigenvalue weighted by Crippen LogP contribution is 2.30. The number of aliphatic hydroxyl groups is 1. The SMILES string of the molecule is O=C(Cc1nc2nc(O[C@@H]3CO[C@H]4[C@@H]3OC[C@H]4O)[nH]c2cc1Cl)c1ccc(Oc2ccccc2)nc1. The molecule has 3 aromatic heterocycles. The number of aliphatic hydroxyl groups excluding tert-OH is 1. The number of benzene rings is 1. The third kappa shape index (κ3) is 4.51. The number of rotatable bonds is 7. The van der Waals surface area contributed by atoms with Crippen molar-refractivity contribution in [2.24, 2.45) is 0 Å². The van der Waals surface area contributed by atoms with Crippen LogP contribution in [0.4, 0.5) is 0 Å². The molecule has 1 aromatic carbocycles. The van der Waals surface area contributed by atoms with Gasteiger partial charge < -0.3 is 29.0 Å². The first kappa shape index (κ1) is 22.9. The molecule has 11 heteroatoms. The van der Waals surface area contributed by atoms with Crippen LogP contribution in [0.15, 0.2) is 54.7 Å². The van der Waals surface area contributed by atoms with E-state index in [4.69, 9.17) is 30.5 Å². The summed E-state index contributed by atoms with van der Waals surface area (Å²) in [4.78, 5) is 29.0. The fourth-order valence-corrected chi connectivity index (χ4v) is 4.49. The van der Waals surface area contributed by atoms with Gasteiger partial charge >= 0.3 is 0 Å². The molecular weight excluding hydrogens is 488 g/mol. The summed E-state index contributed by atoms with van der Waals surface area (Å²) in [7, 11) is 0. The van der Waals surface area contributed by atoms with E-state index in [2.05, 4.69) is 19.9 Å². The van der Waals surface area contributed by atoms with Gasteiger partial charge in [-0.25, -0.2) is 9.97 Å². The molecule has 5 heterocycles. The predicted octanol–water partition coefficient (Wildman–Crippen LogP) is 3.13. The van der Waals surface area contributed by atoms with E-state index in [1.165, 1.54) is 6.20 Å². The van der Waals surface area contributed by atoms with Gasteiger partial charge in [0.1, 0.15) is 24.1 Å². The van der Waals surface area contributed by atoms with Gasteiger partial charge in [0.05, 0.1) is 35.9 Å². The Hall–Kier alpha value is -3.57. The number of ketones is 1. The number of H-pyrrole nitrogens is 1. The number of Topliss-reactive ketones (excluding diaryl/α,β-unsaturated/α-hetero) is 1. The molecule has 0 aliphatic carbocycles. The quantitative estimate of drug-likeness (QED) is 0.362. The highest BCUT2D eigenvalue weighted by molar-refractivity contribution is 6.32. The van der Waals surface area contributed by atoms with Crippen LogP contribution in [0.2, 0.25) is 5.02 Å². The lowest BCUT2D eigenvalue weighted by atomic mass is 10.1. The molecule has 36 heavy (non-hydrogen) atoms. The molecule has 184 valence electrons. The second kappa shape index (κ2) is 9.47. The molecule has 4 aromatic rings. The summed E-state index contributed by atoms with van der Waals surface area (Å²) in [6, 6.07) is 14.4. The number of nitrogens with one attached hydrogen (secondary N) is 1. The maximum absolute atomic E-state index is 12.9. The molecule has 2 fully saturated rings. The van der Waals surface area contributed by atoms with Crippen molar-refractivity contribution in [1.82, 2.24) is 19.9 Å². The Balaban J connectivity index is 1.14. The molecule has 2 aliphatic rings. The van der Waals surface area contributed by atoms with E-state index >= 15 is 0 Å². The Morgan fingerprint density at radius 2 is 1.94 bits per heavy atom. The summed E-state index contributed by atoms with van der Waals surface area (Å²) in [6.45, 7) is 0.489. The van der Waals surface area contributed by atoms with Crippen molar-refractivity contribution in [3.8, 4) is 17.6 Å². The average Bonchev–Trinajstić information content (AvgIpc) is 3.57. The lowest BCUT2D eigenvalue weighted by molar-refractivity contribution is 0.00706. The number of nitrogens with zero attached hydrogens (tertiary/aromatic N) is 3. The Bertz CT molecular complexity index is 1400. The summed E-state index contributed by atoms with van der Waals surface area (Å²) in [6.07, 6.45) is -0.404. The summed E-state index contributed by atoms with van der Waals surface area (Å²) >= 11 is 6.41. The number of fused-ring (bicyclic) bond motifs is 2. The van der Waals surface area contributed by atoms with Crippen molar-refractivity contribution in [3.63, 3.8) is 0 Å². The highest BCUT2D eigenvalue weighted by Gasteiger charge is 2.48. The summed E-state index contributed by atoms with van der Waals surface area (Å²) in [5, 5.41) is 10.2. The molecule has 2 saturated heterocycles. The Morgan fingerprint density at radius 3 is 2.75 bits per heavy atom. The van der Waals surface area contributed by atoms with E-state index in [-0.39, 0.29) is 37.5 Å². The molecule has 0 bridgehead atoms. The van der Waals surface area contributed by atoms with Gasteiger partial charge in [-0.3, -0.25) is 4.79 Å².